The number of amides is 1. The molecule has 0 aliphatic carbocycles. The summed E-state index contributed by atoms with van der Waals surface area (Å²) >= 11 is 0. The fourth-order valence-corrected chi connectivity index (χ4v) is 2.32. The van der Waals surface area contributed by atoms with E-state index < -0.39 is 5.54 Å². The SMILES string of the molecule is CNC(C)c1ccnc(N2CCNC(=O)C2(C)C)c1. The van der Waals surface area contributed by atoms with Crippen LogP contribution < -0.4 is 15.5 Å². The Bertz CT molecular complexity index is 472. The van der Waals surface area contributed by atoms with Gasteiger partial charge in [-0.15, -0.1) is 0 Å². The van der Waals surface area contributed by atoms with Crippen molar-refractivity contribution >= 4 is 11.7 Å². The van der Waals surface area contributed by atoms with Crippen LogP contribution in [0.4, 0.5) is 5.82 Å². The van der Waals surface area contributed by atoms with Gasteiger partial charge in [0.15, 0.2) is 0 Å². The highest BCUT2D eigenvalue weighted by Gasteiger charge is 2.38. The molecule has 1 aliphatic rings. The van der Waals surface area contributed by atoms with Crippen LogP contribution in [0.1, 0.15) is 32.4 Å². The first-order chi connectivity index (χ1) is 8.96. The monoisotopic (exact) mass is 262 g/mol. The van der Waals surface area contributed by atoms with Crippen LogP contribution in [0.15, 0.2) is 18.3 Å². The number of piperazine rings is 1. The van der Waals surface area contributed by atoms with Crippen molar-refractivity contribution < 1.29 is 4.79 Å². The molecule has 0 radical (unpaired) electrons. The van der Waals surface area contributed by atoms with Gasteiger partial charge in [-0.2, -0.15) is 0 Å². The van der Waals surface area contributed by atoms with Gasteiger partial charge in [0, 0.05) is 25.3 Å². The Kier molecular flexibility index (Phi) is 3.75. The number of carbonyl (C=O) groups excluding carboxylic acids is 1. The molecule has 1 aromatic rings. The summed E-state index contributed by atoms with van der Waals surface area (Å²) in [5.41, 5.74) is 0.613. The third kappa shape index (κ3) is 2.56. The fraction of sp³-hybridized carbons (Fsp3) is 0.571. The van der Waals surface area contributed by atoms with E-state index in [0.29, 0.717) is 6.54 Å². The molecular formula is C14H22N4O. The molecule has 5 heteroatoms. The number of nitrogens with zero attached hydrogens (tertiary/aromatic N) is 2. The number of hydrogen-bond donors (Lipinski definition) is 2. The smallest absolute Gasteiger partial charge is 0.245 e. The predicted molar refractivity (Wildman–Crippen MR) is 76.1 cm³/mol. The van der Waals surface area contributed by atoms with E-state index in [1.165, 1.54) is 5.56 Å². The Hall–Kier alpha value is -1.62. The Morgan fingerprint density at radius 1 is 1.53 bits per heavy atom. The normalized spacial score (nSPS) is 20.0. The summed E-state index contributed by atoms with van der Waals surface area (Å²) in [5, 5.41) is 6.12. The molecule has 1 aromatic heterocycles. The number of rotatable bonds is 3. The summed E-state index contributed by atoms with van der Waals surface area (Å²) in [6.07, 6.45) is 1.81. The van der Waals surface area contributed by atoms with Crippen LogP contribution in [0.3, 0.4) is 0 Å². The van der Waals surface area contributed by atoms with Gasteiger partial charge in [0.05, 0.1) is 0 Å². The molecule has 2 rings (SSSR count). The zero-order valence-electron chi connectivity index (χ0n) is 12.0. The topological polar surface area (TPSA) is 57.3 Å². The number of anilines is 1. The summed E-state index contributed by atoms with van der Waals surface area (Å²) in [5.74, 6) is 0.909. The van der Waals surface area contributed by atoms with Crippen molar-refractivity contribution in [3.05, 3.63) is 23.9 Å². The zero-order chi connectivity index (χ0) is 14.0. The molecular weight excluding hydrogens is 240 g/mol. The molecule has 1 fully saturated rings. The van der Waals surface area contributed by atoms with Gasteiger partial charge in [-0.1, -0.05) is 0 Å². The van der Waals surface area contributed by atoms with Crippen molar-refractivity contribution in [1.29, 1.82) is 0 Å². The molecule has 2 N–H and O–H groups in total. The van der Waals surface area contributed by atoms with Crippen molar-refractivity contribution in [2.24, 2.45) is 0 Å². The molecule has 1 amide bonds. The third-order valence-electron chi connectivity index (χ3n) is 3.83. The summed E-state index contributed by atoms with van der Waals surface area (Å²) < 4.78 is 0. The van der Waals surface area contributed by atoms with E-state index in [2.05, 4.69) is 33.5 Å². The largest absolute Gasteiger partial charge is 0.352 e. The number of hydrogen-bond acceptors (Lipinski definition) is 4. The number of nitrogens with one attached hydrogen (secondary N) is 2. The van der Waals surface area contributed by atoms with Gasteiger partial charge in [0.2, 0.25) is 5.91 Å². The van der Waals surface area contributed by atoms with Gasteiger partial charge in [-0.3, -0.25) is 4.79 Å². The molecule has 1 saturated heterocycles. The van der Waals surface area contributed by atoms with Crippen LogP contribution >= 0.6 is 0 Å². The molecule has 0 spiro atoms. The second-order valence-electron chi connectivity index (χ2n) is 5.42. The Balaban J connectivity index is 2.33. The standard InChI is InChI=1S/C14H22N4O/c1-10(15-4)11-5-6-16-12(9-11)18-8-7-17-13(19)14(18,2)3/h5-6,9-10,15H,7-8H2,1-4H3,(H,17,19). The molecule has 5 nitrogen and oxygen atoms in total. The van der Waals surface area contributed by atoms with E-state index in [-0.39, 0.29) is 11.9 Å². The quantitative estimate of drug-likeness (QED) is 0.856. The van der Waals surface area contributed by atoms with Crippen LogP contribution in [0.5, 0.6) is 0 Å². The lowest BCUT2D eigenvalue weighted by Crippen LogP contribution is -2.62. The second-order valence-corrected chi connectivity index (χ2v) is 5.42. The maximum Gasteiger partial charge on any atom is 0.245 e. The predicted octanol–water partition coefficient (Wildman–Crippen LogP) is 1.08. The van der Waals surface area contributed by atoms with Crippen molar-refractivity contribution in [2.75, 3.05) is 25.0 Å². The first-order valence-electron chi connectivity index (χ1n) is 6.66. The molecule has 19 heavy (non-hydrogen) atoms. The van der Waals surface area contributed by atoms with Gasteiger partial charge in [0.25, 0.3) is 0 Å². The van der Waals surface area contributed by atoms with Crippen molar-refractivity contribution in [3.8, 4) is 0 Å². The molecule has 1 unspecified atom stereocenters. The minimum Gasteiger partial charge on any atom is -0.352 e. The molecule has 1 atom stereocenters. The second kappa shape index (κ2) is 5.17. The molecule has 0 aromatic carbocycles. The first-order valence-corrected chi connectivity index (χ1v) is 6.66. The maximum atomic E-state index is 12.0. The number of pyridine rings is 1. The highest BCUT2D eigenvalue weighted by Crippen LogP contribution is 2.26. The summed E-state index contributed by atoms with van der Waals surface area (Å²) in [6.45, 7) is 7.40. The molecule has 0 saturated carbocycles. The van der Waals surface area contributed by atoms with Gasteiger partial charge in [-0.25, -0.2) is 4.98 Å². The minimum atomic E-state index is -0.563. The van der Waals surface area contributed by atoms with Gasteiger partial charge >= 0.3 is 0 Å². The van der Waals surface area contributed by atoms with Crippen LogP contribution in [-0.4, -0.2) is 36.6 Å². The van der Waals surface area contributed by atoms with Gasteiger partial charge in [-0.05, 0) is 45.5 Å². The van der Waals surface area contributed by atoms with E-state index in [0.717, 1.165) is 12.4 Å². The van der Waals surface area contributed by atoms with E-state index in [9.17, 15) is 4.79 Å². The van der Waals surface area contributed by atoms with Crippen LogP contribution in [-0.2, 0) is 4.79 Å². The number of carbonyl (C=O) groups is 1. The van der Waals surface area contributed by atoms with E-state index in [1.54, 1.807) is 6.20 Å². The van der Waals surface area contributed by atoms with Crippen molar-refractivity contribution in [2.45, 2.75) is 32.4 Å². The summed E-state index contributed by atoms with van der Waals surface area (Å²) in [6, 6.07) is 4.33. The lowest BCUT2D eigenvalue weighted by Gasteiger charge is -2.42. The minimum absolute atomic E-state index is 0.0487. The third-order valence-corrected chi connectivity index (χ3v) is 3.83. The van der Waals surface area contributed by atoms with Gasteiger partial charge in [0.1, 0.15) is 11.4 Å². The highest BCUT2D eigenvalue weighted by atomic mass is 16.2. The lowest BCUT2D eigenvalue weighted by atomic mass is 9.98. The molecule has 1 aliphatic heterocycles. The van der Waals surface area contributed by atoms with E-state index >= 15 is 0 Å². The first kappa shape index (κ1) is 13.8. The van der Waals surface area contributed by atoms with Gasteiger partial charge < -0.3 is 15.5 Å². The average molecular weight is 262 g/mol. The zero-order valence-corrected chi connectivity index (χ0v) is 12.0. The molecule has 0 bridgehead atoms. The van der Waals surface area contributed by atoms with Crippen molar-refractivity contribution in [3.63, 3.8) is 0 Å². The number of aromatic nitrogens is 1. The van der Waals surface area contributed by atoms with E-state index in [1.807, 2.05) is 27.0 Å². The molecule has 104 valence electrons. The summed E-state index contributed by atoms with van der Waals surface area (Å²) in [7, 11) is 1.93. The Morgan fingerprint density at radius 2 is 2.26 bits per heavy atom. The van der Waals surface area contributed by atoms with Crippen LogP contribution in [0, 0.1) is 0 Å². The Labute approximate surface area is 114 Å². The lowest BCUT2D eigenvalue weighted by molar-refractivity contribution is -0.126. The van der Waals surface area contributed by atoms with Crippen LogP contribution in [0.2, 0.25) is 0 Å². The highest BCUT2D eigenvalue weighted by molar-refractivity contribution is 5.90. The van der Waals surface area contributed by atoms with E-state index in [4.69, 9.17) is 0 Å². The summed E-state index contributed by atoms with van der Waals surface area (Å²) in [4.78, 5) is 18.5. The van der Waals surface area contributed by atoms with Crippen molar-refractivity contribution in [1.82, 2.24) is 15.6 Å². The molecule has 2 heterocycles. The maximum absolute atomic E-state index is 12.0. The average Bonchev–Trinajstić information content (AvgIpc) is 2.41. The van der Waals surface area contributed by atoms with Crippen LogP contribution in [0.25, 0.3) is 0 Å². The fourth-order valence-electron chi connectivity index (χ4n) is 2.32. The Morgan fingerprint density at radius 3 is 2.95 bits per heavy atom.